The highest BCUT2D eigenvalue weighted by atomic mass is 32.2. The minimum atomic E-state index is -0.0179. The first-order valence-electron chi connectivity index (χ1n) is 8.05. The van der Waals surface area contributed by atoms with E-state index < -0.39 is 0 Å². The van der Waals surface area contributed by atoms with Crippen molar-refractivity contribution < 1.29 is 9.32 Å². The largest absolute Gasteiger partial charge is 0.361 e. The molecule has 0 aliphatic rings. The van der Waals surface area contributed by atoms with Crippen LogP contribution in [0.25, 0.3) is 0 Å². The summed E-state index contributed by atoms with van der Waals surface area (Å²) in [5.74, 6) is 1.56. The number of thioether (sulfide) groups is 1. The summed E-state index contributed by atoms with van der Waals surface area (Å²) < 4.78 is 5.20. The van der Waals surface area contributed by atoms with E-state index >= 15 is 0 Å². The van der Waals surface area contributed by atoms with E-state index in [0.717, 1.165) is 46.2 Å². The fraction of sp³-hybridized carbons (Fsp3) is 0.444. The van der Waals surface area contributed by atoms with Crippen LogP contribution in [0.4, 0.5) is 0 Å². The Labute approximate surface area is 147 Å². The van der Waals surface area contributed by atoms with Gasteiger partial charge in [-0.2, -0.15) is 0 Å². The number of nitrogens with zero attached hydrogens (tertiary/aromatic N) is 2. The molecule has 6 heteroatoms. The number of benzene rings is 1. The predicted molar refractivity (Wildman–Crippen MR) is 97.5 cm³/mol. The molecule has 1 aromatic heterocycles. The first-order valence-corrected chi connectivity index (χ1v) is 9.04. The molecular weight excluding hydrogens is 322 g/mol. The van der Waals surface area contributed by atoms with Crippen molar-refractivity contribution >= 4 is 17.7 Å². The number of aryl methyl sites for hydroxylation is 2. The molecule has 0 saturated heterocycles. The number of carbonyl (C=O) groups is 1. The summed E-state index contributed by atoms with van der Waals surface area (Å²) in [5, 5.41) is 6.98. The Balaban J connectivity index is 1.98. The van der Waals surface area contributed by atoms with Crippen molar-refractivity contribution in [2.45, 2.75) is 30.9 Å². The Bertz CT molecular complexity index is 663. The van der Waals surface area contributed by atoms with Gasteiger partial charge in [0, 0.05) is 22.8 Å². The van der Waals surface area contributed by atoms with Gasteiger partial charge < -0.3 is 14.7 Å². The maximum absolute atomic E-state index is 12.4. The van der Waals surface area contributed by atoms with Crippen molar-refractivity contribution in [3.63, 3.8) is 0 Å². The lowest BCUT2D eigenvalue weighted by atomic mass is 10.2. The van der Waals surface area contributed by atoms with Gasteiger partial charge in [0.1, 0.15) is 5.76 Å². The summed E-state index contributed by atoms with van der Waals surface area (Å²) in [5.41, 5.74) is 2.73. The Hall–Kier alpha value is -1.79. The molecular formula is C18H25N3O2S. The summed E-state index contributed by atoms with van der Waals surface area (Å²) in [6.07, 6.45) is 0.938. The van der Waals surface area contributed by atoms with Crippen molar-refractivity contribution in [3.05, 3.63) is 46.8 Å². The SMILES string of the molecule is Cc1noc(C)c1CSc1ccccc1C(=O)NCCCN(C)C. The number of aromatic nitrogens is 1. The van der Waals surface area contributed by atoms with E-state index in [1.165, 1.54) is 0 Å². The van der Waals surface area contributed by atoms with Crippen molar-refractivity contribution in [2.75, 3.05) is 27.2 Å². The number of carbonyl (C=O) groups excluding carboxylic acids is 1. The number of hydrogen-bond donors (Lipinski definition) is 1. The standard InChI is InChI=1S/C18H25N3O2S/c1-13-16(14(2)23-20-13)12-24-17-9-6-5-8-15(17)18(22)19-10-7-11-21(3)4/h5-6,8-9H,7,10-12H2,1-4H3,(H,19,22). The van der Waals surface area contributed by atoms with Gasteiger partial charge in [-0.05, 0) is 53.0 Å². The van der Waals surface area contributed by atoms with Gasteiger partial charge in [0.05, 0.1) is 11.3 Å². The third kappa shape index (κ3) is 5.11. The topological polar surface area (TPSA) is 58.4 Å². The van der Waals surface area contributed by atoms with Crippen molar-refractivity contribution in [2.24, 2.45) is 0 Å². The minimum absolute atomic E-state index is 0.0179. The maximum atomic E-state index is 12.4. The van der Waals surface area contributed by atoms with Crippen LogP contribution in [0.1, 0.15) is 33.8 Å². The van der Waals surface area contributed by atoms with Crippen molar-refractivity contribution in [1.29, 1.82) is 0 Å². The van der Waals surface area contributed by atoms with Crippen LogP contribution < -0.4 is 5.32 Å². The predicted octanol–water partition coefficient (Wildman–Crippen LogP) is 3.27. The lowest BCUT2D eigenvalue weighted by Crippen LogP contribution is -2.27. The van der Waals surface area contributed by atoms with Crippen LogP contribution in [0.3, 0.4) is 0 Å². The fourth-order valence-electron chi connectivity index (χ4n) is 2.33. The highest BCUT2D eigenvalue weighted by Gasteiger charge is 2.14. The first-order chi connectivity index (χ1) is 11.5. The second kappa shape index (κ2) is 8.89. The summed E-state index contributed by atoms with van der Waals surface area (Å²) in [6, 6.07) is 7.71. The number of rotatable bonds is 8. The van der Waals surface area contributed by atoms with Crippen LogP contribution in [0.2, 0.25) is 0 Å². The molecule has 2 rings (SSSR count). The third-order valence-corrected chi connectivity index (χ3v) is 4.85. The van der Waals surface area contributed by atoms with Crippen LogP contribution in [-0.2, 0) is 5.75 Å². The quantitative estimate of drug-likeness (QED) is 0.587. The molecule has 130 valence electrons. The normalized spacial score (nSPS) is 11.0. The van der Waals surface area contributed by atoms with Crippen LogP contribution in [0.5, 0.6) is 0 Å². The molecule has 24 heavy (non-hydrogen) atoms. The number of amides is 1. The van der Waals surface area contributed by atoms with E-state index in [4.69, 9.17) is 4.52 Å². The Morgan fingerprint density at radius 1 is 1.29 bits per heavy atom. The lowest BCUT2D eigenvalue weighted by molar-refractivity contribution is 0.0949. The summed E-state index contributed by atoms with van der Waals surface area (Å²) in [4.78, 5) is 15.5. The zero-order valence-electron chi connectivity index (χ0n) is 14.8. The summed E-state index contributed by atoms with van der Waals surface area (Å²) in [7, 11) is 4.06. The van der Waals surface area contributed by atoms with E-state index in [2.05, 4.69) is 15.4 Å². The Morgan fingerprint density at radius 3 is 2.71 bits per heavy atom. The second-order valence-corrected chi connectivity index (χ2v) is 7.02. The molecule has 1 N–H and O–H groups in total. The molecule has 1 heterocycles. The summed E-state index contributed by atoms with van der Waals surface area (Å²) >= 11 is 1.64. The van der Waals surface area contributed by atoms with E-state index in [-0.39, 0.29) is 5.91 Å². The molecule has 0 fully saturated rings. The van der Waals surface area contributed by atoms with Crippen LogP contribution in [0.15, 0.2) is 33.7 Å². The second-order valence-electron chi connectivity index (χ2n) is 6.00. The van der Waals surface area contributed by atoms with E-state index in [0.29, 0.717) is 6.54 Å². The molecule has 0 bridgehead atoms. The average Bonchev–Trinajstić information content (AvgIpc) is 2.88. The molecule has 0 aliphatic heterocycles. The summed E-state index contributed by atoms with van der Waals surface area (Å²) in [6.45, 7) is 5.50. The van der Waals surface area contributed by atoms with Gasteiger partial charge in [-0.25, -0.2) is 0 Å². The van der Waals surface area contributed by atoms with Gasteiger partial charge in [-0.3, -0.25) is 4.79 Å². The van der Waals surface area contributed by atoms with Crippen LogP contribution in [0, 0.1) is 13.8 Å². The molecule has 0 radical (unpaired) electrons. The molecule has 1 amide bonds. The van der Waals surface area contributed by atoms with Crippen LogP contribution in [-0.4, -0.2) is 43.1 Å². The van der Waals surface area contributed by atoms with Crippen molar-refractivity contribution in [1.82, 2.24) is 15.4 Å². The molecule has 1 aromatic carbocycles. The molecule has 2 aromatic rings. The highest BCUT2D eigenvalue weighted by Crippen LogP contribution is 2.28. The van der Waals surface area contributed by atoms with E-state index in [1.807, 2.05) is 52.2 Å². The van der Waals surface area contributed by atoms with Crippen molar-refractivity contribution in [3.8, 4) is 0 Å². The number of nitrogens with one attached hydrogen (secondary N) is 1. The molecule has 0 saturated carbocycles. The maximum Gasteiger partial charge on any atom is 0.252 e. The van der Waals surface area contributed by atoms with Gasteiger partial charge in [0.25, 0.3) is 5.91 Å². The molecule has 0 atom stereocenters. The minimum Gasteiger partial charge on any atom is -0.361 e. The molecule has 0 aliphatic carbocycles. The zero-order valence-corrected chi connectivity index (χ0v) is 15.6. The Morgan fingerprint density at radius 2 is 2.04 bits per heavy atom. The molecule has 0 spiro atoms. The zero-order chi connectivity index (χ0) is 17.5. The third-order valence-electron chi connectivity index (χ3n) is 3.75. The average molecular weight is 347 g/mol. The molecule has 0 unspecified atom stereocenters. The highest BCUT2D eigenvalue weighted by molar-refractivity contribution is 7.98. The fourth-order valence-corrected chi connectivity index (χ4v) is 3.53. The first kappa shape index (κ1) is 18.5. The van der Waals surface area contributed by atoms with Gasteiger partial charge in [-0.15, -0.1) is 11.8 Å². The van der Waals surface area contributed by atoms with Gasteiger partial charge in [0.15, 0.2) is 0 Å². The number of hydrogen-bond acceptors (Lipinski definition) is 5. The van der Waals surface area contributed by atoms with Crippen LogP contribution >= 0.6 is 11.8 Å². The lowest BCUT2D eigenvalue weighted by Gasteiger charge is -2.12. The monoisotopic (exact) mass is 347 g/mol. The van der Waals surface area contributed by atoms with Gasteiger partial charge in [-0.1, -0.05) is 17.3 Å². The van der Waals surface area contributed by atoms with Gasteiger partial charge in [0.2, 0.25) is 0 Å². The van der Waals surface area contributed by atoms with E-state index in [1.54, 1.807) is 11.8 Å². The Kier molecular flexibility index (Phi) is 6.87. The molecule has 5 nitrogen and oxygen atoms in total. The van der Waals surface area contributed by atoms with Gasteiger partial charge >= 0.3 is 0 Å². The smallest absolute Gasteiger partial charge is 0.252 e. The van der Waals surface area contributed by atoms with E-state index in [9.17, 15) is 4.79 Å².